The molecule has 1 aliphatic heterocycles. The van der Waals surface area contributed by atoms with Crippen molar-refractivity contribution in [3.05, 3.63) is 35.9 Å². The second kappa shape index (κ2) is 8.18. The van der Waals surface area contributed by atoms with Crippen LogP contribution < -0.4 is 5.32 Å². The number of unbranched alkanes of at least 4 members (excludes halogenated alkanes) is 1. The van der Waals surface area contributed by atoms with E-state index in [1.807, 2.05) is 6.92 Å². The fraction of sp³-hybridized carbons (Fsp3) is 0.611. The van der Waals surface area contributed by atoms with Crippen molar-refractivity contribution in [3.63, 3.8) is 0 Å². The van der Waals surface area contributed by atoms with Crippen LogP contribution in [0.5, 0.6) is 0 Å². The molecule has 1 N–H and O–H groups in total. The number of hydrogen-bond acceptors (Lipinski definition) is 3. The van der Waals surface area contributed by atoms with Crippen LogP contribution in [0.2, 0.25) is 0 Å². The SMILES string of the molecule is CCOC(=O)CCCCC1(c2ccccc2)CCNCC1. The van der Waals surface area contributed by atoms with Gasteiger partial charge in [-0.05, 0) is 56.7 Å². The zero-order valence-electron chi connectivity index (χ0n) is 13.1. The Labute approximate surface area is 128 Å². The smallest absolute Gasteiger partial charge is 0.305 e. The van der Waals surface area contributed by atoms with Crippen LogP contribution in [0.1, 0.15) is 51.0 Å². The summed E-state index contributed by atoms with van der Waals surface area (Å²) in [6.07, 6.45) is 6.12. The molecular weight excluding hydrogens is 262 g/mol. The molecular formula is C18H27NO2. The van der Waals surface area contributed by atoms with Crippen LogP contribution in [0, 0.1) is 0 Å². The molecule has 1 fully saturated rings. The van der Waals surface area contributed by atoms with Gasteiger partial charge < -0.3 is 10.1 Å². The average Bonchev–Trinajstić information content (AvgIpc) is 2.54. The maximum Gasteiger partial charge on any atom is 0.305 e. The molecule has 1 heterocycles. The van der Waals surface area contributed by atoms with Crippen LogP contribution in [0.4, 0.5) is 0 Å². The van der Waals surface area contributed by atoms with Crippen LogP contribution >= 0.6 is 0 Å². The van der Waals surface area contributed by atoms with Gasteiger partial charge in [0, 0.05) is 6.42 Å². The molecule has 3 nitrogen and oxygen atoms in total. The van der Waals surface area contributed by atoms with Gasteiger partial charge in [0.1, 0.15) is 0 Å². The quantitative estimate of drug-likeness (QED) is 0.617. The van der Waals surface area contributed by atoms with Crippen LogP contribution in [-0.2, 0) is 14.9 Å². The van der Waals surface area contributed by atoms with Crippen molar-refractivity contribution >= 4 is 5.97 Å². The lowest BCUT2D eigenvalue weighted by Crippen LogP contribution is -2.39. The third-order valence-electron chi connectivity index (χ3n) is 4.54. The van der Waals surface area contributed by atoms with Crippen LogP contribution in [-0.4, -0.2) is 25.7 Å². The van der Waals surface area contributed by atoms with E-state index in [2.05, 4.69) is 35.6 Å². The monoisotopic (exact) mass is 289 g/mol. The standard InChI is InChI=1S/C18H27NO2/c1-2-21-17(20)10-6-7-11-18(12-14-19-15-13-18)16-8-4-3-5-9-16/h3-5,8-9,19H,2,6-7,10-15H2,1H3. The summed E-state index contributed by atoms with van der Waals surface area (Å²) in [5.41, 5.74) is 1.75. The average molecular weight is 289 g/mol. The number of nitrogens with one attached hydrogen (secondary N) is 1. The molecule has 0 atom stereocenters. The van der Waals surface area contributed by atoms with E-state index in [0.29, 0.717) is 18.4 Å². The zero-order valence-corrected chi connectivity index (χ0v) is 13.1. The van der Waals surface area contributed by atoms with Gasteiger partial charge >= 0.3 is 5.97 Å². The number of esters is 1. The van der Waals surface area contributed by atoms with E-state index >= 15 is 0 Å². The van der Waals surface area contributed by atoms with E-state index in [9.17, 15) is 4.79 Å². The number of hydrogen-bond donors (Lipinski definition) is 1. The van der Waals surface area contributed by atoms with Gasteiger partial charge in [-0.3, -0.25) is 4.79 Å². The predicted molar refractivity (Wildman–Crippen MR) is 85.3 cm³/mol. The van der Waals surface area contributed by atoms with Crippen LogP contribution in [0.25, 0.3) is 0 Å². The molecule has 0 aliphatic carbocycles. The van der Waals surface area contributed by atoms with Crippen molar-refractivity contribution in [1.82, 2.24) is 5.32 Å². The van der Waals surface area contributed by atoms with E-state index < -0.39 is 0 Å². The molecule has 1 aliphatic rings. The fourth-order valence-electron chi connectivity index (χ4n) is 3.35. The molecule has 1 aromatic rings. The van der Waals surface area contributed by atoms with Crippen molar-refractivity contribution in [2.75, 3.05) is 19.7 Å². The van der Waals surface area contributed by atoms with Gasteiger partial charge in [-0.1, -0.05) is 36.8 Å². The van der Waals surface area contributed by atoms with Gasteiger partial charge in [0.2, 0.25) is 0 Å². The molecule has 21 heavy (non-hydrogen) atoms. The molecule has 2 rings (SSSR count). The number of benzene rings is 1. The second-order valence-corrected chi connectivity index (χ2v) is 5.91. The first-order valence-corrected chi connectivity index (χ1v) is 8.19. The largest absolute Gasteiger partial charge is 0.466 e. The lowest BCUT2D eigenvalue weighted by molar-refractivity contribution is -0.143. The number of ether oxygens (including phenoxy) is 1. The van der Waals surface area contributed by atoms with Gasteiger partial charge in [0.25, 0.3) is 0 Å². The number of carbonyl (C=O) groups excluding carboxylic acids is 1. The van der Waals surface area contributed by atoms with E-state index in [-0.39, 0.29) is 5.97 Å². The summed E-state index contributed by atoms with van der Waals surface area (Å²) >= 11 is 0. The van der Waals surface area contributed by atoms with Crippen LogP contribution in [0.15, 0.2) is 30.3 Å². The highest BCUT2D eigenvalue weighted by Crippen LogP contribution is 2.38. The Morgan fingerprint density at radius 3 is 2.57 bits per heavy atom. The normalized spacial score (nSPS) is 17.4. The molecule has 0 spiro atoms. The van der Waals surface area contributed by atoms with E-state index in [0.717, 1.165) is 32.4 Å². The summed E-state index contributed by atoms with van der Waals surface area (Å²) in [5, 5.41) is 3.46. The summed E-state index contributed by atoms with van der Waals surface area (Å²) in [6, 6.07) is 10.9. The first kappa shape index (κ1) is 16.0. The first-order chi connectivity index (χ1) is 10.3. The first-order valence-electron chi connectivity index (χ1n) is 8.19. The number of piperidine rings is 1. The van der Waals surface area contributed by atoms with Crippen LogP contribution in [0.3, 0.4) is 0 Å². The summed E-state index contributed by atoms with van der Waals surface area (Å²) < 4.78 is 4.99. The maximum atomic E-state index is 11.4. The van der Waals surface area contributed by atoms with Crippen molar-refractivity contribution in [2.24, 2.45) is 0 Å². The lowest BCUT2D eigenvalue weighted by atomic mass is 9.70. The minimum Gasteiger partial charge on any atom is -0.466 e. The summed E-state index contributed by atoms with van der Waals surface area (Å²) in [6.45, 7) is 4.52. The minimum absolute atomic E-state index is 0.0587. The molecule has 0 amide bonds. The number of rotatable bonds is 7. The maximum absolute atomic E-state index is 11.4. The third-order valence-corrected chi connectivity index (χ3v) is 4.54. The van der Waals surface area contributed by atoms with Gasteiger partial charge in [0.05, 0.1) is 6.61 Å². The molecule has 0 bridgehead atoms. The lowest BCUT2D eigenvalue weighted by Gasteiger charge is -2.38. The molecule has 0 saturated carbocycles. The minimum atomic E-state index is -0.0587. The Morgan fingerprint density at radius 2 is 1.90 bits per heavy atom. The molecule has 1 saturated heterocycles. The van der Waals surface area contributed by atoms with Crippen molar-refractivity contribution < 1.29 is 9.53 Å². The third kappa shape index (κ3) is 4.57. The zero-order chi connectivity index (χ0) is 15.0. The van der Waals surface area contributed by atoms with Gasteiger partial charge in [-0.25, -0.2) is 0 Å². The highest BCUT2D eigenvalue weighted by Gasteiger charge is 2.32. The Morgan fingerprint density at radius 1 is 1.19 bits per heavy atom. The molecule has 0 unspecified atom stereocenters. The summed E-state index contributed by atoms with van der Waals surface area (Å²) in [4.78, 5) is 11.4. The Balaban J connectivity index is 1.90. The summed E-state index contributed by atoms with van der Waals surface area (Å²) in [7, 11) is 0. The van der Waals surface area contributed by atoms with E-state index in [1.54, 1.807) is 0 Å². The number of carbonyl (C=O) groups is 1. The van der Waals surface area contributed by atoms with Crippen molar-refractivity contribution in [1.29, 1.82) is 0 Å². The summed E-state index contributed by atoms with van der Waals surface area (Å²) in [5.74, 6) is -0.0587. The Hall–Kier alpha value is -1.35. The van der Waals surface area contributed by atoms with Gasteiger partial charge in [-0.15, -0.1) is 0 Å². The van der Waals surface area contributed by atoms with E-state index in [4.69, 9.17) is 4.74 Å². The molecule has 3 heteroatoms. The van der Waals surface area contributed by atoms with Crippen molar-refractivity contribution in [3.8, 4) is 0 Å². The topological polar surface area (TPSA) is 38.3 Å². The molecule has 0 radical (unpaired) electrons. The Bertz CT molecular complexity index is 424. The fourth-order valence-corrected chi connectivity index (χ4v) is 3.35. The van der Waals surface area contributed by atoms with Gasteiger partial charge in [-0.2, -0.15) is 0 Å². The highest BCUT2D eigenvalue weighted by molar-refractivity contribution is 5.69. The Kier molecular flexibility index (Phi) is 6.24. The molecule has 0 aromatic heterocycles. The highest BCUT2D eigenvalue weighted by atomic mass is 16.5. The predicted octanol–water partition coefficient (Wildman–Crippen LogP) is 3.43. The molecule has 116 valence electrons. The van der Waals surface area contributed by atoms with E-state index in [1.165, 1.54) is 18.4 Å². The molecule has 1 aromatic carbocycles. The van der Waals surface area contributed by atoms with Gasteiger partial charge in [0.15, 0.2) is 0 Å². The second-order valence-electron chi connectivity index (χ2n) is 5.91. The van der Waals surface area contributed by atoms with Crippen molar-refractivity contribution in [2.45, 2.75) is 50.9 Å².